The summed E-state index contributed by atoms with van der Waals surface area (Å²) in [6.07, 6.45) is 2.40. The average Bonchev–Trinajstić information content (AvgIpc) is 2.62. The van der Waals surface area contributed by atoms with Gasteiger partial charge in [-0.25, -0.2) is 13.2 Å². The molecular weight excluding hydrogens is 216 g/mol. The first kappa shape index (κ1) is 10.2. The lowest BCUT2D eigenvalue weighted by molar-refractivity contribution is 0.0696. The first-order chi connectivity index (χ1) is 7.09. The summed E-state index contributed by atoms with van der Waals surface area (Å²) in [6.45, 7) is 0. The van der Waals surface area contributed by atoms with Gasteiger partial charge in [0.15, 0.2) is 10.7 Å². The van der Waals surface area contributed by atoms with Crippen molar-refractivity contribution in [3.8, 4) is 0 Å². The lowest BCUT2D eigenvalue weighted by Crippen LogP contribution is -2.01. The Kier molecular flexibility index (Phi) is 2.48. The third kappa shape index (κ3) is 1.74. The third-order valence-corrected chi connectivity index (χ3v) is 3.43. The first-order valence-electron chi connectivity index (χ1n) is 4.63. The van der Waals surface area contributed by atoms with Gasteiger partial charge in [0, 0.05) is 0 Å². The van der Waals surface area contributed by atoms with E-state index < -0.39 is 16.7 Å². The van der Waals surface area contributed by atoms with Gasteiger partial charge in [0.2, 0.25) is 0 Å². The molecule has 0 amide bonds. The van der Waals surface area contributed by atoms with E-state index in [4.69, 9.17) is 5.11 Å². The zero-order valence-electron chi connectivity index (χ0n) is 7.90. The van der Waals surface area contributed by atoms with Crippen LogP contribution in [-0.2, 0) is 23.5 Å². The van der Waals surface area contributed by atoms with Gasteiger partial charge in [0.25, 0.3) is 0 Å². The number of aryl methyl sites for hydroxylation is 1. The summed E-state index contributed by atoms with van der Waals surface area (Å²) in [7, 11) is -2.70. The van der Waals surface area contributed by atoms with Gasteiger partial charge in [-0.05, 0) is 42.5 Å². The van der Waals surface area contributed by atoms with E-state index in [1.54, 1.807) is 6.07 Å². The Morgan fingerprint density at radius 3 is 2.60 bits per heavy atom. The average molecular weight is 226 g/mol. The monoisotopic (exact) mass is 226 g/mol. The minimum absolute atomic E-state index is 0.0600. The Balaban J connectivity index is 2.68. The van der Waals surface area contributed by atoms with Crippen LogP contribution in [0.3, 0.4) is 0 Å². The molecule has 1 aliphatic carbocycles. The normalized spacial score (nSPS) is 14.2. The number of aromatic carboxylic acids is 1. The molecule has 5 heteroatoms. The number of thiol groups is 1. The first-order valence-corrected chi connectivity index (χ1v) is 5.81. The van der Waals surface area contributed by atoms with Crippen LogP contribution < -0.4 is 0 Å². The van der Waals surface area contributed by atoms with E-state index in [-0.39, 0.29) is 10.5 Å². The van der Waals surface area contributed by atoms with Crippen LogP contribution in [0.5, 0.6) is 0 Å². The SMILES string of the molecule is O=C(O)c1cc2c(c([SH](=O)=O)c1)CCC2. The fourth-order valence-electron chi connectivity index (χ4n) is 1.97. The van der Waals surface area contributed by atoms with E-state index >= 15 is 0 Å². The van der Waals surface area contributed by atoms with E-state index in [9.17, 15) is 13.2 Å². The number of hydrogen-bond acceptors (Lipinski definition) is 3. The zero-order valence-corrected chi connectivity index (χ0v) is 8.79. The molecule has 1 aromatic rings. The molecule has 0 heterocycles. The van der Waals surface area contributed by atoms with E-state index in [0.717, 1.165) is 30.4 Å². The molecule has 0 bridgehead atoms. The van der Waals surface area contributed by atoms with Gasteiger partial charge in [-0.2, -0.15) is 0 Å². The third-order valence-electron chi connectivity index (χ3n) is 2.64. The fraction of sp³-hybridized carbons (Fsp3) is 0.300. The molecule has 4 nitrogen and oxygen atoms in total. The van der Waals surface area contributed by atoms with Crippen LogP contribution in [0.4, 0.5) is 0 Å². The molecular formula is C10H10O4S. The number of carboxylic acids is 1. The standard InChI is InChI=1S/C10H10O4S/c11-10(12)7-4-6-2-1-3-8(6)9(5-7)15(13)14/h4-5,15H,1-3H2,(H,11,12). The minimum atomic E-state index is -2.70. The minimum Gasteiger partial charge on any atom is -0.478 e. The summed E-state index contributed by atoms with van der Waals surface area (Å²) in [4.78, 5) is 11.0. The van der Waals surface area contributed by atoms with Gasteiger partial charge >= 0.3 is 5.97 Å². The summed E-state index contributed by atoms with van der Waals surface area (Å²) in [5, 5.41) is 8.83. The maximum absolute atomic E-state index is 11.0. The highest BCUT2D eigenvalue weighted by atomic mass is 32.2. The molecule has 2 rings (SSSR count). The molecule has 0 spiro atoms. The summed E-state index contributed by atoms with van der Waals surface area (Å²) >= 11 is 0. The van der Waals surface area contributed by atoms with E-state index in [2.05, 4.69) is 0 Å². The molecule has 0 radical (unpaired) electrons. The van der Waals surface area contributed by atoms with Crippen molar-refractivity contribution >= 4 is 16.7 Å². The highest BCUT2D eigenvalue weighted by Gasteiger charge is 2.19. The van der Waals surface area contributed by atoms with Gasteiger partial charge in [0.1, 0.15) is 0 Å². The van der Waals surface area contributed by atoms with Crippen LogP contribution in [0.2, 0.25) is 0 Å². The van der Waals surface area contributed by atoms with Crippen LogP contribution in [0.25, 0.3) is 0 Å². The van der Waals surface area contributed by atoms with Gasteiger partial charge in [0.05, 0.1) is 10.5 Å². The second-order valence-corrected chi connectivity index (χ2v) is 4.54. The van der Waals surface area contributed by atoms with Crippen molar-refractivity contribution in [2.24, 2.45) is 0 Å². The van der Waals surface area contributed by atoms with Crippen LogP contribution in [0.1, 0.15) is 27.9 Å². The Morgan fingerprint density at radius 1 is 1.27 bits per heavy atom. The van der Waals surface area contributed by atoms with E-state index in [0.29, 0.717) is 0 Å². The maximum Gasteiger partial charge on any atom is 0.335 e. The topological polar surface area (TPSA) is 71.4 Å². The molecule has 0 unspecified atom stereocenters. The van der Waals surface area contributed by atoms with Crippen molar-refractivity contribution in [1.82, 2.24) is 0 Å². The summed E-state index contributed by atoms with van der Waals surface area (Å²) in [5.74, 6) is -1.08. The van der Waals surface area contributed by atoms with Crippen molar-refractivity contribution in [1.29, 1.82) is 0 Å². The van der Waals surface area contributed by atoms with Crippen molar-refractivity contribution in [3.05, 3.63) is 28.8 Å². The van der Waals surface area contributed by atoms with E-state index in [1.807, 2.05) is 0 Å². The van der Waals surface area contributed by atoms with Crippen molar-refractivity contribution in [2.75, 3.05) is 0 Å². The fourth-order valence-corrected chi connectivity index (χ4v) is 2.69. The molecule has 0 fully saturated rings. The van der Waals surface area contributed by atoms with Crippen molar-refractivity contribution in [3.63, 3.8) is 0 Å². The second-order valence-electron chi connectivity index (χ2n) is 3.55. The van der Waals surface area contributed by atoms with Gasteiger partial charge in [-0.1, -0.05) is 0 Å². The predicted molar refractivity (Wildman–Crippen MR) is 54.0 cm³/mol. The second kappa shape index (κ2) is 3.66. The molecule has 1 N–H and O–H groups in total. The van der Waals surface area contributed by atoms with Gasteiger partial charge in [-0.15, -0.1) is 0 Å². The number of hydrogen-bond donors (Lipinski definition) is 2. The quantitative estimate of drug-likeness (QED) is 0.733. The Labute approximate surface area is 88.5 Å². The Morgan fingerprint density at radius 2 is 2.00 bits per heavy atom. The van der Waals surface area contributed by atoms with Crippen molar-refractivity contribution < 1.29 is 18.3 Å². The summed E-state index contributed by atoms with van der Waals surface area (Å²) in [5.41, 5.74) is 1.73. The van der Waals surface area contributed by atoms with Gasteiger partial charge in [-0.3, -0.25) is 0 Å². The zero-order chi connectivity index (χ0) is 11.0. The van der Waals surface area contributed by atoms with Crippen LogP contribution in [0, 0.1) is 0 Å². The molecule has 1 aromatic carbocycles. The molecule has 15 heavy (non-hydrogen) atoms. The smallest absolute Gasteiger partial charge is 0.335 e. The molecule has 0 saturated heterocycles. The molecule has 80 valence electrons. The molecule has 0 aliphatic heterocycles. The number of fused-ring (bicyclic) bond motifs is 1. The van der Waals surface area contributed by atoms with Gasteiger partial charge < -0.3 is 5.11 Å². The molecule has 0 aromatic heterocycles. The maximum atomic E-state index is 11.0. The lowest BCUT2D eigenvalue weighted by Gasteiger charge is -2.04. The Bertz CT molecular complexity index is 494. The molecule has 0 atom stereocenters. The summed E-state index contributed by atoms with van der Waals surface area (Å²) < 4.78 is 22.0. The van der Waals surface area contributed by atoms with Crippen LogP contribution in [-0.4, -0.2) is 19.5 Å². The van der Waals surface area contributed by atoms with Crippen LogP contribution in [0.15, 0.2) is 17.0 Å². The number of benzene rings is 1. The lowest BCUT2D eigenvalue weighted by atomic mass is 10.1. The largest absolute Gasteiger partial charge is 0.478 e. The highest BCUT2D eigenvalue weighted by molar-refractivity contribution is 7.72. The molecule has 0 saturated carbocycles. The summed E-state index contributed by atoms with van der Waals surface area (Å²) in [6, 6.07) is 2.82. The predicted octanol–water partition coefficient (Wildman–Crippen LogP) is 0.844. The van der Waals surface area contributed by atoms with Crippen LogP contribution >= 0.6 is 0 Å². The van der Waals surface area contributed by atoms with E-state index in [1.165, 1.54) is 6.07 Å². The highest BCUT2D eigenvalue weighted by Crippen LogP contribution is 2.27. The Hall–Kier alpha value is -1.36. The number of rotatable bonds is 2. The van der Waals surface area contributed by atoms with Crippen molar-refractivity contribution in [2.45, 2.75) is 24.2 Å². The molecule has 1 aliphatic rings. The number of carboxylic acid groups (broad SMARTS) is 1. The number of carbonyl (C=O) groups is 1.